The van der Waals surface area contributed by atoms with Crippen molar-refractivity contribution in [3.63, 3.8) is 0 Å². The molecule has 1 amide bonds. The minimum absolute atomic E-state index is 0.0548. The lowest BCUT2D eigenvalue weighted by molar-refractivity contribution is -0.142. The minimum atomic E-state index is -4.54. The van der Waals surface area contributed by atoms with Crippen LogP contribution in [0.1, 0.15) is 29.5 Å². The SMILES string of the molecule is Cc1ccc(S(=O)(=O)N2CCC[C@H]2C(=O)N[C@@H](Cc2ccc(Nc3ccccc3C(F)(F)F)cc2)C(=O)O)cc1. The quantitative estimate of drug-likeness (QED) is 0.340. The fraction of sp³-hybridized carbons (Fsp3) is 0.286. The molecule has 4 rings (SSSR count). The molecule has 3 aromatic carbocycles. The molecule has 8 nitrogen and oxygen atoms in total. The number of aliphatic carboxylic acids is 1. The lowest BCUT2D eigenvalue weighted by Crippen LogP contribution is -2.51. The third kappa shape index (κ3) is 6.62. The summed E-state index contributed by atoms with van der Waals surface area (Å²) in [6.07, 6.45) is -3.95. The molecule has 212 valence electrons. The molecule has 0 aliphatic carbocycles. The van der Waals surface area contributed by atoms with Crippen molar-refractivity contribution in [2.45, 2.75) is 49.3 Å². The van der Waals surface area contributed by atoms with E-state index in [9.17, 15) is 36.3 Å². The van der Waals surface area contributed by atoms with E-state index in [0.29, 0.717) is 17.7 Å². The van der Waals surface area contributed by atoms with Crippen LogP contribution in [-0.2, 0) is 32.2 Å². The minimum Gasteiger partial charge on any atom is -0.480 e. The van der Waals surface area contributed by atoms with Crippen LogP contribution in [0.25, 0.3) is 0 Å². The number of carboxylic acids is 1. The highest BCUT2D eigenvalue weighted by atomic mass is 32.2. The number of halogens is 3. The molecule has 1 aliphatic rings. The van der Waals surface area contributed by atoms with Crippen LogP contribution in [0.5, 0.6) is 0 Å². The number of para-hydroxylation sites is 1. The summed E-state index contributed by atoms with van der Waals surface area (Å²) in [5, 5.41) is 14.9. The maximum atomic E-state index is 13.3. The van der Waals surface area contributed by atoms with Gasteiger partial charge in [-0.3, -0.25) is 4.79 Å². The van der Waals surface area contributed by atoms with E-state index < -0.39 is 45.7 Å². The van der Waals surface area contributed by atoms with Gasteiger partial charge in [-0.25, -0.2) is 13.2 Å². The van der Waals surface area contributed by atoms with E-state index >= 15 is 0 Å². The molecule has 40 heavy (non-hydrogen) atoms. The standard InChI is InChI=1S/C28H28F3N3O5S/c1-18-8-14-21(15-9-18)40(38,39)34-16-4-7-25(34)26(35)33-24(27(36)37)17-19-10-12-20(13-11-19)32-23-6-3-2-5-22(23)28(29,30)31/h2-3,5-6,8-15,24-25,32H,4,7,16-17H2,1H3,(H,33,35)(H,36,37)/t24-,25-/m0/s1. The molecule has 3 N–H and O–H groups in total. The van der Waals surface area contributed by atoms with Crippen molar-refractivity contribution in [2.24, 2.45) is 0 Å². The summed E-state index contributed by atoms with van der Waals surface area (Å²) in [4.78, 5) is 25.1. The van der Waals surface area contributed by atoms with E-state index in [1.165, 1.54) is 42.5 Å². The van der Waals surface area contributed by atoms with Gasteiger partial charge in [0.1, 0.15) is 12.1 Å². The Morgan fingerprint density at radius 1 is 1.02 bits per heavy atom. The number of rotatable bonds is 9. The number of hydrogen-bond donors (Lipinski definition) is 3. The van der Waals surface area contributed by atoms with E-state index in [1.807, 2.05) is 6.92 Å². The van der Waals surface area contributed by atoms with Gasteiger partial charge in [0.2, 0.25) is 15.9 Å². The van der Waals surface area contributed by atoms with Gasteiger partial charge in [0, 0.05) is 18.7 Å². The fourth-order valence-corrected chi connectivity index (χ4v) is 6.21. The monoisotopic (exact) mass is 575 g/mol. The molecule has 0 radical (unpaired) electrons. The Hall–Kier alpha value is -3.90. The van der Waals surface area contributed by atoms with E-state index in [0.717, 1.165) is 15.9 Å². The molecule has 0 unspecified atom stereocenters. The van der Waals surface area contributed by atoms with Gasteiger partial charge in [-0.15, -0.1) is 0 Å². The number of nitrogens with one attached hydrogen (secondary N) is 2. The number of carboxylic acid groups (broad SMARTS) is 1. The van der Waals surface area contributed by atoms with Crippen molar-refractivity contribution in [1.82, 2.24) is 9.62 Å². The first-order valence-corrected chi connectivity index (χ1v) is 13.9. The van der Waals surface area contributed by atoms with Crippen molar-refractivity contribution in [1.29, 1.82) is 0 Å². The third-order valence-electron chi connectivity index (χ3n) is 6.65. The van der Waals surface area contributed by atoms with E-state index in [4.69, 9.17) is 0 Å². The molecule has 0 bridgehead atoms. The highest BCUT2D eigenvalue weighted by Crippen LogP contribution is 2.36. The molecule has 12 heteroatoms. The van der Waals surface area contributed by atoms with Gasteiger partial charge >= 0.3 is 12.1 Å². The van der Waals surface area contributed by atoms with Crippen LogP contribution >= 0.6 is 0 Å². The number of aryl methyl sites for hydroxylation is 1. The second kappa shape index (κ2) is 11.7. The average molecular weight is 576 g/mol. The van der Waals surface area contributed by atoms with Crippen LogP contribution in [0.3, 0.4) is 0 Å². The van der Waals surface area contributed by atoms with Gasteiger partial charge in [-0.05, 0) is 61.7 Å². The topological polar surface area (TPSA) is 116 Å². The van der Waals surface area contributed by atoms with Crippen LogP contribution in [0.15, 0.2) is 77.7 Å². The van der Waals surface area contributed by atoms with E-state index in [1.54, 1.807) is 24.3 Å². The molecular weight excluding hydrogens is 547 g/mol. The number of nitrogens with zero attached hydrogens (tertiary/aromatic N) is 1. The molecular formula is C28H28F3N3O5S. The zero-order valence-corrected chi connectivity index (χ0v) is 22.3. The number of benzene rings is 3. The smallest absolute Gasteiger partial charge is 0.418 e. The van der Waals surface area contributed by atoms with Gasteiger partial charge in [-0.1, -0.05) is 42.0 Å². The van der Waals surface area contributed by atoms with Crippen molar-refractivity contribution < 1.29 is 36.3 Å². The normalized spacial score (nSPS) is 16.9. The summed E-state index contributed by atoms with van der Waals surface area (Å²) < 4.78 is 67.3. The lowest BCUT2D eigenvalue weighted by atomic mass is 10.0. The summed E-state index contributed by atoms with van der Waals surface area (Å²) in [5.41, 5.74) is 0.810. The third-order valence-corrected chi connectivity index (χ3v) is 8.58. The Labute approximate surface area is 229 Å². The van der Waals surface area contributed by atoms with Crippen LogP contribution in [-0.4, -0.2) is 48.3 Å². The van der Waals surface area contributed by atoms with Gasteiger partial charge < -0.3 is 15.7 Å². The Morgan fingerprint density at radius 2 is 1.68 bits per heavy atom. The Bertz CT molecular complexity index is 1480. The molecule has 1 saturated heterocycles. The van der Waals surface area contributed by atoms with Crippen molar-refractivity contribution in [3.05, 3.63) is 89.5 Å². The molecule has 0 aromatic heterocycles. The number of carbonyl (C=O) groups is 2. The second-order valence-corrected chi connectivity index (χ2v) is 11.4. The maximum Gasteiger partial charge on any atom is 0.418 e. The number of amides is 1. The van der Waals surface area contributed by atoms with Crippen LogP contribution in [0.4, 0.5) is 24.5 Å². The first-order chi connectivity index (χ1) is 18.9. The largest absolute Gasteiger partial charge is 0.480 e. The number of anilines is 2. The van der Waals surface area contributed by atoms with Crippen LogP contribution in [0.2, 0.25) is 0 Å². The average Bonchev–Trinajstić information content (AvgIpc) is 3.41. The fourth-order valence-electron chi connectivity index (χ4n) is 4.56. The lowest BCUT2D eigenvalue weighted by Gasteiger charge is -2.25. The predicted molar refractivity (Wildman–Crippen MR) is 143 cm³/mol. The Morgan fingerprint density at radius 3 is 2.30 bits per heavy atom. The summed E-state index contributed by atoms with van der Waals surface area (Å²) in [6.45, 7) is 1.96. The molecule has 0 saturated carbocycles. The summed E-state index contributed by atoms with van der Waals surface area (Å²) in [5.74, 6) is -2.01. The Balaban J connectivity index is 1.44. The van der Waals surface area contributed by atoms with E-state index in [-0.39, 0.29) is 30.0 Å². The first kappa shape index (κ1) is 29.1. The van der Waals surface area contributed by atoms with Crippen LogP contribution in [0, 0.1) is 6.92 Å². The van der Waals surface area contributed by atoms with Gasteiger partial charge in [-0.2, -0.15) is 17.5 Å². The first-order valence-electron chi connectivity index (χ1n) is 12.5. The zero-order valence-electron chi connectivity index (χ0n) is 21.5. The van der Waals surface area contributed by atoms with Crippen molar-refractivity contribution in [2.75, 3.05) is 11.9 Å². The number of carbonyl (C=O) groups excluding carboxylic acids is 1. The van der Waals surface area contributed by atoms with Gasteiger partial charge in [0.05, 0.1) is 16.1 Å². The molecule has 2 atom stereocenters. The number of sulfonamides is 1. The molecule has 1 heterocycles. The molecule has 3 aromatic rings. The number of alkyl halides is 3. The predicted octanol–water partition coefficient (Wildman–Crippen LogP) is 4.72. The molecule has 1 fully saturated rings. The van der Waals surface area contributed by atoms with Gasteiger partial charge in [0.25, 0.3) is 0 Å². The highest BCUT2D eigenvalue weighted by Gasteiger charge is 2.40. The highest BCUT2D eigenvalue weighted by molar-refractivity contribution is 7.89. The number of hydrogen-bond acceptors (Lipinski definition) is 5. The van der Waals surface area contributed by atoms with Crippen molar-refractivity contribution >= 4 is 33.3 Å². The summed E-state index contributed by atoms with van der Waals surface area (Å²) in [7, 11) is -3.96. The maximum absolute atomic E-state index is 13.3. The molecule has 1 aliphatic heterocycles. The van der Waals surface area contributed by atoms with Gasteiger partial charge in [0.15, 0.2) is 0 Å². The van der Waals surface area contributed by atoms with E-state index in [2.05, 4.69) is 10.6 Å². The Kier molecular flexibility index (Phi) is 8.50. The van der Waals surface area contributed by atoms with Crippen molar-refractivity contribution in [3.8, 4) is 0 Å². The second-order valence-electron chi connectivity index (χ2n) is 9.56. The molecule has 0 spiro atoms. The zero-order chi connectivity index (χ0) is 29.1. The summed E-state index contributed by atoms with van der Waals surface area (Å²) >= 11 is 0. The summed E-state index contributed by atoms with van der Waals surface area (Å²) in [6, 6.07) is 15.0. The van der Waals surface area contributed by atoms with Crippen LogP contribution < -0.4 is 10.6 Å².